The van der Waals surface area contributed by atoms with Crippen LogP contribution in [0.2, 0.25) is 0 Å². The molecule has 1 saturated heterocycles. The number of nitrogens with one attached hydrogen (secondary N) is 2. The molecule has 5 heteroatoms. The van der Waals surface area contributed by atoms with Gasteiger partial charge >= 0.3 is 5.97 Å². The highest BCUT2D eigenvalue weighted by Gasteiger charge is 2.27. The number of hydrogen-bond acceptors (Lipinski definition) is 4. The van der Waals surface area contributed by atoms with Gasteiger partial charge in [0.15, 0.2) is 0 Å². The van der Waals surface area contributed by atoms with Gasteiger partial charge in [0.05, 0.1) is 18.4 Å². The molecule has 0 saturated carbocycles. The monoisotopic (exact) mass is 290 g/mol. The van der Waals surface area contributed by atoms with Crippen molar-refractivity contribution in [3.8, 4) is 0 Å². The van der Waals surface area contributed by atoms with Gasteiger partial charge in [-0.25, -0.2) is 0 Å². The van der Waals surface area contributed by atoms with Crippen LogP contribution in [0.15, 0.2) is 30.3 Å². The number of carbonyl (C=O) groups excluding carboxylic acids is 2. The van der Waals surface area contributed by atoms with Gasteiger partial charge in [-0.1, -0.05) is 30.3 Å². The number of esters is 1. The van der Waals surface area contributed by atoms with E-state index in [0.717, 1.165) is 5.56 Å². The van der Waals surface area contributed by atoms with E-state index in [1.165, 1.54) is 0 Å². The van der Waals surface area contributed by atoms with Gasteiger partial charge in [0.2, 0.25) is 5.91 Å². The molecule has 0 aromatic heterocycles. The number of carbonyl (C=O) groups is 2. The fraction of sp³-hybridized carbons (Fsp3) is 0.500. The van der Waals surface area contributed by atoms with Crippen LogP contribution in [0.1, 0.15) is 12.5 Å². The van der Waals surface area contributed by atoms with E-state index in [-0.39, 0.29) is 23.7 Å². The van der Waals surface area contributed by atoms with Crippen molar-refractivity contribution in [2.75, 3.05) is 26.2 Å². The van der Waals surface area contributed by atoms with Crippen molar-refractivity contribution in [2.45, 2.75) is 13.3 Å². The van der Waals surface area contributed by atoms with Crippen LogP contribution in [0.4, 0.5) is 0 Å². The van der Waals surface area contributed by atoms with Crippen LogP contribution in [-0.2, 0) is 20.7 Å². The zero-order valence-corrected chi connectivity index (χ0v) is 12.3. The minimum atomic E-state index is -0.343. The molecule has 0 bridgehead atoms. The number of hydrogen-bond donors (Lipinski definition) is 2. The van der Waals surface area contributed by atoms with Gasteiger partial charge in [0.25, 0.3) is 0 Å². The Bertz CT molecular complexity index is 472. The predicted octanol–water partition coefficient (Wildman–Crippen LogP) is 0.744. The average Bonchev–Trinajstić information content (AvgIpc) is 2.43. The molecular formula is C16H22N2O3. The summed E-state index contributed by atoms with van der Waals surface area (Å²) in [5.74, 6) is -0.557. The first-order valence-corrected chi connectivity index (χ1v) is 7.39. The topological polar surface area (TPSA) is 67.4 Å². The first-order valence-electron chi connectivity index (χ1n) is 7.39. The number of rotatable bonds is 7. The number of benzene rings is 1. The Labute approximate surface area is 125 Å². The van der Waals surface area contributed by atoms with Gasteiger partial charge < -0.3 is 15.4 Å². The van der Waals surface area contributed by atoms with Crippen LogP contribution in [0.25, 0.3) is 0 Å². The Balaban J connectivity index is 1.91. The Hall–Kier alpha value is -1.88. The van der Waals surface area contributed by atoms with Crippen LogP contribution in [0, 0.1) is 11.8 Å². The summed E-state index contributed by atoms with van der Waals surface area (Å²) in [6.45, 7) is 3.90. The maximum atomic E-state index is 12.0. The molecule has 1 atom stereocenters. The van der Waals surface area contributed by atoms with E-state index in [9.17, 15) is 9.59 Å². The maximum absolute atomic E-state index is 12.0. The molecule has 1 aromatic rings. The van der Waals surface area contributed by atoms with Crippen molar-refractivity contribution in [3.63, 3.8) is 0 Å². The Morgan fingerprint density at radius 1 is 1.33 bits per heavy atom. The largest absolute Gasteiger partial charge is 0.466 e. The zero-order valence-electron chi connectivity index (χ0n) is 12.3. The van der Waals surface area contributed by atoms with Crippen molar-refractivity contribution in [2.24, 2.45) is 11.8 Å². The lowest BCUT2D eigenvalue weighted by Gasteiger charge is -2.26. The van der Waals surface area contributed by atoms with E-state index >= 15 is 0 Å². The Kier molecular flexibility index (Phi) is 5.75. The van der Waals surface area contributed by atoms with E-state index in [1.54, 1.807) is 6.92 Å². The second kappa shape index (κ2) is 7.78. The Morgan fingerprint density at radius 2 is 2.05 bits per heavy atom. The molecule has 1 aromatic carbocycles. The second-order valence-electron chi connectivity index (χ2n) is 5.24. The minimum absolute atomic E-state index is 0.0103. The smallest absolute Gasteiger partial charge is 0.311 e. The van der Waals surface area contributed by atoms with Crippen molar-refractivity contribution >= 4 is 11.9 Å². The third kappa shape index (κ3) is 4.56. The van der Waals surface area contributed by atoms with Gasteiger partial charge in [-0.05, 0) is 18.9 Å². The van der Waals surface area contributed by atoms with Crippen molar-refractivity contribution in [3.05, 3.63) is 35.9 Å². The minimum Gasteiger partial charge on any atom is -0.466 e. The molecule has 5 nitrogen and oxygen atoms in total. The SMILES string of the molecule is CCOC(=O)C(CNC(=O)C1CNC1)Cc1ccccc1. The average molecular weight is 290 g/mol. The lowest BCUT2D eigenvalue weighted by molar-refractivity contribution is -0.148. The summed E-state index contributed by atoms with van der Waals surface area (Å²) in [4.78, 5) is 23.9. The van der Waals surface area contributed by atoms with Crippen LogP contribution >= 0.6 is 0 Å². The lowest BCUT2D eigenvalue weighted by atomic mass is 9.98. The highest BCUT2D eigenvalue weighted by Crippen LogP contribution is 2.11. The summed E-state index contributed by atoms with van der Waals surface area (Å²) in [5.41, 5.74) is 1.06. The maximum Gasteiger partial charge on any atom is 0.311 e. The standard InChI is InChI=1S/C16H22N2O3/c1-2-21-16(20)13(8-12-6-4-3-5-7-12)11-18-15(19)14-9-17-10-14/h3-7,13-14,17H,2,8-11H2,1H3,(H,18,19). The molecule has 0 spiro atoms. The van der Waals surface area contributed by atoms with Gasteiger partial charge in [-0.3, -0.25) is 9.59 Å². The van der Waals surface area contributed by atoms with Gasteiger partial charge in [0, 0.05) is 19.6 Å². The van der Waals surface area contributed by atoms with E-state index in [0.29, 0.717) is 32.7 Å². The summed E-state index contributed by atoms with van der Waals surface area (Å²) >= 11 is 0. The van der Waals surface area contributed by atoms with Crippen molar-refractivity contribution < 1.29 is 14.3 Å². The van der Waals surface area contributed by atoms with Crippen LogP contribution < -0.4 is 10.6 Å². The summed E-state index contributed by atoms with van der Waals surface area (Å²) in [6.07, 6.45) is 0.572. The molecular weight excluding hydrogens is 268 g/mol. The zero-order chi connectivity index (χ0) is 15.1. The summed E-state index contributed by atoms with van der Waals surface area (Å²) < 4.78 is 5.11. The van der Waals surface area contributed by atoms with Crippen LogP contribution in [-0.4, -0.2) is 38.1 Å². The van der Waals surface area contributed by atoms with Crippen molar-refractivity contribution in [1.82, 2.24) is 10.6 Å². The van der Waals surface area contributed by atoms with E-state index < -0.39 is 0 Å². The van der Waals surface area contributed by atoms with Crippen molar-refractivity contribution in [1.29, 1.82) is 0 Å². The molecule has 1 fully saturated rings. The first-order chi connectivity index (χ1) is 10.2. The summed E-state index contributed by atoms with van der Waals surface area (Å²) in [7, 11) is 0. The lowest BCUT2D eigenvalue weighted by Crippen LogP contribution is -2.51. The Morgan fingerprint density at radius 3 is 2.62 bits per heavy atom. The predicted molar refractivity (Wildman–Crippen MR) is 79.6 cm³/mol. The third-order valence-electron chi connectivity index (χ3n) is 3.62. The summed E-state index contributed by atoms with van der Waals surface area (Å²) in [6, 6.07) is 9.77. The van der Waals surface area contributed by atoms with E-state index in [4.69, 9.17) is 4.74 Å². The van der Waals surface area contributed by atoms with E-state index in [1.807, 2.05) is 30.3 Å². The fourth-order valence-electron chi connectivity index (χ4n) is 2.24. The second-order valence-corrected chi connectivity index (χ2v) is 5.24. The molecule has 2 rings (SSSR count). The molecule has 21 heavy (non-hydrogen) atoms. The quantitative estimate of drug-likeness (QED) is 0.727. The van der Waals surface area contributed by atoms with Gasteiger partial charge in [0.1, 0.15) is 0 Å². The molecule has 114 valence electrons. The summed E-state index contributed by atoms with van der Waals surface area (Å²) in [5, 5.41) is 5.92. The van der Waals surface area contributed by atoms with Crippen LogP contribution in [0.5, 0.6) is 0 Å². The third-order valence-corrected chi connectivity index (χ3v) is 3.62. The first kappa shape index (κ1) is 15.5. The highest BCUT2D eigenvalue weighted by molar-refractivity contribution is 5.81. The normalized spacial score (nSPS) is 15.9. The van der Waals surface area contributed by atoms with Crippen LogP contribution in [0.3, 0.4) is 0 Å². The molecule has 1 aliphatic heterocycles. The molecule has 1 heterocycles. The number of amides is 1. The number of ether oxygens (including phenoxy) is 1. The van der Waals surface area contributed by atoms with Gasteiger partial charge in [-0.15, -0.1) is 0 Å². The molecule has 1 aliphatic rings. The van der Waals surface area contributed by atoms with Gasteiger partial charge in [-0.2, -0.15) is 0 Å². The highest BCUT2D eigenvalue weighted by atomic mass is 16.5. The molecule has 1 amide bonds. The molecule has 0 aliphatic carbocycles. The van der Waals surface area contributed by atoms with E-state index in [2.05, 4.69) is 10.6 Å². The molecule has 0 radical (unpaired) electrons. The fourth-order valence-corrected chi connectivity index (χ4v) is 2.24. The molecule has 2 N–H and O–H groups in total. The molecule has 1 unspecified atom stereocenters.